The summed E-state index contributed by atoms with van der Waals surface area (Å²) < 4.78 is 0.772. The summed E-state index contributed by atoms with van der Waals surface area (Å²) in [7, 11) is 3.66. The van der Waals surface area contributed by atoms with Gasteiger partial charge < -0.3 is 15.1 Å². The van der Waals surface area contributed by atoms with Gasteiger partial charge in [-0.25, -0.2) is 9.97 Å². The molecule has 1 aromatic rings. The molecule has 2 heterocycles. The van der Waals surface area contributed by atoms with Gasteiger partial charge in [-0.3, -0.25) is 4.79 Å². The zero-order chi connectivity index (χ0) is 13.8. The largest absolute Gasteiger partial charge is 0.372 e. The number of rotatable bonds is 4. The van der Waals surface area contributed by atoms with E-state index in [1.54, 1.807) is 7.05 Å². The number of anilines is 2. The van der Waals surface area contributed by atoms with Crippen molar-refractivity contribution in [3.8, 4) is 0 Å². The molecule has 1 fully saturated rings. The number of halogens is 1. The Hall–Kier alpha value is -1.37. The van der Waals surface area contributed by atoms with Gasteiger partial charge in [0.1, 0.15) is 22.4 Å². The monoisotopic (exact) mass is 327 g/mol. The molecule has 1 aromatic heterocycles. The van der Waals surface area contributed by atoms with Gasteiger partial charge >= 0.3 is 0 Å². The highest BCUT2D eigenvalue weighted by molar-refractivity contribution is 9.10. The van der Waals surface area contributed by atoms with E-state index in [0.717, 1.165) is 30.4 Å². The first kappa shape index (κ1) is 14.0. The normalized spacial score (nSPS) is 14.6. The molecule has 0 bridgehead atoms. The number of hydrogen-bond donors (Lipinski definition) is 1. The van der Waals surface area contributed by atoms with Crippen molar-refractivity contribution in [2.24, 2.45) is 0 Å². The molecule has 1 aliphatic heterocycles. The van der Waals surface area contributed by atoms with Crippen molar-refractivity contribution in [1.82, 2.24) is 14.9 Å². The third-order valence-electron chi connectivity index (χ3n) is 3.20. The van der Waals surface area contributed by atoms with Gasteiger partial charge in [0.05, 0.1) is 6.54 Å². The lowest BCUT2D eigenvalue weighted by Crippen LogP contribution is -2.37. The van der Waals surface area contributed by atoms with Crippen LogP contribution < -0.4 is 10.2 Å². The highest BCUT2D eigenvalue weighted by atomic mass is 79.9. The van der Waals surface area contributed by atoms with Gasteiger partial charge in [-0.05, 0) is 28.8 Å². The van der Waals surface area contributed by atoms with Crippen LogP contribution in [0.25, 0.3) is 0 Å². The van der Waals surface area contributed by atoms with Crippen LogP contribution in [0.15, 0.2) is 10.8 Å². The van der Waals surface area contributed by atoms with Crippen LogP contribution in [0.3, 0.4) is 0 Å². The fourth-order valence-electron chi connectivity index (χ4n) is 2.15. The molecule has 19 heavy (non-hydrogen) atoms. The lowest BCUT2D eigenvalue weighted by atomic mass is 10.4. The highest BCUT2D eigenvalue weighted by Gasteiger charge is 2.21. The van der Waals surface area contributed by atoms with Crippen LogP contribution in [0.2, 0.25) is 0 Å². The van der Waals surface area contributed by atoms with Gasteiger partial charge in [0.15, 0.2) is 0 Å². The van der Waals surface area contributed by atoms with E-state index >= 15 is 0 Å². The minimum absolute atomic E-state index is 0.150. The van der Waals surface area contributed by atoms with Gasteiger partial charge in [-0.1, -0.05) is 0 Å². The van der Waals surface area contributed by atoms with Crippen molar-refractivity contribution >= 4 is 33.5 Å². The standard InChI is InChI=1S/C12H18BrN5O/c1-14-11-10(13)12(16-8-15-11)17(2)7-9(19)18-5-3-4-6-18/h8H,3-7H2,1-2H3,(H,14,15,16). The van der Waals surface area contributed by atoms with Crippen molar-refractivity contribution in [2.45, 2.75) is 12.8 Å². The molecule has 0 radical (unpaired) electrons. The Labute approximate surface area is 121 Å². The maximum Gasteiger partial charge on any atom is 0.242 e. The predicted molar refractivity (Wildman–Crippen MR) is 78.4 cm³/mol. The zero-order valence-corrected chi connectivity index (χ0v) is 12.8. The minimum atomic E-state index is 0.150. The molecule has 0 spiro atoms. The first-order valence-corrected chi connectivity index (χ1v) is 7.10. The highest BCUT2D eigenvalue weighted by Crippen LogP contribution is 2.28. The van der Waals surface area contributed by atoms with Crippen LogP contribution in [0, 0.1) is 0 Å². The number of nitrogens with one attached hydrogen (secondary N) is 1. The first-order valence-electron chi connectivity index (χ1n) is 6.30. The Morgan fingerprint density at radius 2 is 2.16 bits per heavy atom. The average molecular weight is 328 g/mol. The number of hydrogen-bond acceptors (Lipinski definition) is 5. The second-order valence-corrected chi connectivity index (χ2v) is 5.35. The number of likely N-dealkylation sites (N-methyl/N-ethyl adjacent to an activating group) is 1. The Morgan fingerprint density at radius 1 is 1.47 bits per heavy atom. The molecule has 1 saturated heterocycles. The molecular formula is C12H18BrN5O. The lowest BCUT2D eigenvalue weighted by molar-refractivity contribution is -0.128. The van der Waals surface area contributed by atoms with Crippen LogP contribution in [0.4, 0.5) is 11.6 Å². The third-order valence-corrected chi connectivity index (χ3v) is 3.93. The number of nitrogens with zero attached hydrogens (tertiary/aromatic N) is 4. The number of carbonyl (C=O) groups excluding carboxylic acids is 1. The van der Waals surface area contributed by atoms with E-state index in [-0.39, 0.29) is 5.91 Å². The van der Waals surface area contributed by atoms with Crippen molar-refractivity contribution in [1.29, 1.82) is 0 Å². The summed E-state index contributed by atoms with van der Waals surface area (Å²) >= 11 is 3.46. The Bertz CT molecular complexity index is 461. The molecule has 104 valence electrons. The molecule has 0 aromatic carbocycles. The molecular weight excluding hydrogens is 310 g/mol. The van der Waals surface area contributed by atoms with Crippen molar-refractivity contribution in [2.75, 3.05) is 43.9 Å². The molecule has 1 N–H and O–H groups in total. The molecule has 6 nitrogen and oxygen atoms in total. The van der Waals surface area contributed by atoms with E-state index in [9.17, 15) is 4.79 Å². The minimum Gasteiger partial charge on any atom is -0.372 e. The van der Waals surface area contributed by atoms with E-state index in [1.807, 2.05) is 16.8 Å². The van der Waals surface area contributed by atoms with E-state index in [4.69, 9.17) is 0 Å². The second-order valence-electron chi connectivity index (χ2n) is 4.55. The SMILES string of the molecule is CNc1ncnc(N(C)CC(=O)N2CCCC2)c1Br. The van der Waals surface area contributed by atoms with E-state index in [2.05, 4.69) is 31.2 Å². The Balaban J connectivity index is 2.07. The number of carbonyl (C=O) groups is 1. The molecule has 0 atom stereocenters. The predicted octanol–water partition coefficient (Wildman–Crippen LogP) is 1.34. The van der Waals surface area contributed by atoms with Crippen LogP contribution >= 0.6 is 15.9 Å². The summed E-state index contributed by atoms with van der Waals surface area (Å²) in [5, 5.41) is 2.98. The van der Waals surface area contributed by atoms with Crippen molar-refractivity contribution < 1.29 is 4.79 Å². The van der Waals surface area contributed by atoms with Gasteiger partial charge in [0, 0.05) is 27.2 Å². The van der Waals surface area contributed by atoms with E-state index in [0.29, 0.717) is 18.2 Å². The smallest absolute Gasteiger partial charge is 0.242 e. The molecule has 2 rings (SSSR count). The topological polar surface area (TPSA) is 61.4 Å². The summed E-state index contributed by atoms with van der Waals surface area (Å²) in [6, 6.07) is 0. The summed E-state index contributed by atoms with van der Waals surface area (Å²) in [5.41, 5.74) is 0. The van der Waals surface area contributed by atoms with Crippen molar-refractivity contribution in [3.05, 3.63) is 10.8 Å². The van der Waals surface area contributed by atoms with Gasteiger partial charge in [-0.2, -0.15) is 0 Å². The van der Waals surface area contributed by atoms with E-state index in [1.165, 1.54) is 6.33 Å². The summed E-state index contributed by atoms with van der Waals surface area (Å²) in [6.45, 7) is 2.08. The van der Waals surface area contributed by atoms with Gasteiger partial charge in [0.25, 0.3) is 0 Å². The summed E-state index contributed by atoms with van der Waals surface area (Å²) in [6.07, 6.45) is 3.70. The number of aromatic nitrogens is 2. The Morgan fingerprint density at radius 3 is 2.79 bits per heavy atom. The first-order chi connectivity index (χ1) is 9.13. The number of amides is 1. The maximum absolute atomic E-state index is 12.1. The quantitative estimate of drug-likeness (QED) is 0.904. The molecule has 0 unspecified atom stereocenters. The fourth-order valence-corrected chi connectivity index (χ4v) is 2.85. The lowest BCUT2D eigenvalue weighted by Gasteiger charge is -2.23. The molecule has 1 aliphatic rings. The zero-order valence-electron chi connectivity index (χ0n) is 11.2. The third kappa shape index (κ3) is 3.15. The van der Waals surface area contributed by atoms with Crippen molar-refractivity contribution in [3.63, 3.8) is 0 Å². The van der Waals surface area contributed by atoms with Crippen LogP contribution in [-0.2, 0) is 4.79 Å². The molecule has 0 aliphatic carbocycles. The fraction of sp³-hybridized carbons (Fsp3) is 0.583. The second kappa shape index (κ2) is 6.18. The van der Waals surface area contributed by atoms with Gasteiger partial charge in [0.2, 0.25) is 5.91 Å². The van der Waals surface area contributed by atoms with Crippen LogP contribution in [-0.4, -0.2) is 54.5 Å². The summed E-state index contributed by atoms with van der Waals surface area (Å²) in [5.74, 6) is 1.58. The average Bonchev–Trinajstić information content (AvgIpc) is 2.92. The molecule has 7 heteroatoms. The number of likely N-dealkylation sites (tertiary alicyclic amines) is 1. The van der Waals surface area contributed by atoms with Crippen LogP contribution in [0.5, 0.6) is 0 Å². The summed E-state index contributed by atoms with van der Waals surface area (Å²) in [4.78, 5) is 24.2. The maximum atomic E-state index is 12.1. The molecule has 1 amide bonds. The van der Waals surface area contributed by atoms with Crippen LogP contribution in [0.1, 0.15) is 12.8 Å². The van der Waals surface area contributed by atoms with Gasteiger partial charge in [-0.15, -0.1) is 0 Å². The van der Waals surface area contributed by atoms with E-state index < -0.39 is 0 Å². The Kier molecular flexibility index (Phi) is 4.57. The molecule has 0 saturated carbocycles.